The summed E-state index contributed by atoms with van der Waals surface area (Å²) in [4.78, 5) is 26.2. The molecule has 2 fully saturated rings. The van der Waals surface area contributed by atoms with Crippen LogP contribution in [0.3, 0.4) is 0 Å². The summed E-state index contributed by atoms with van der Waals surface area (Å²) in [5.41, 5.74) is 1.86. The van der Waals surface area contributed by atoms with Crippen LogP contribution in [0.15, 0.2) is 83.8 Å². The first-order valence-electron chi connectivity index (χ1n) is 16.3. The molecule has 2 aliphatic rings. The molecule has 10 nitrogen and oxygen atoms in total. The maximum atomic E-state index is 13.8. The summed E-state index contributed by atoms with van der Waals surface area (Å²) < 4.78 is 59.7. The average Bonchev–Trinajstić information content (AvgIpc) is 3.62. The molecule has 264 valence electrons. The first-order valence-corrected chi connectivity index (χ1v) is 18.8. The van der Waals surface area contributed by atoms with Crippen molar-refractivity contribution >= 4 is 33.8 Å². The van der Waals surface area contributed by atoms with Crippen molar-refractivity contribution in [3.63, 3.8) is 0 Å². The van der Waals surface area contributed by atoms with E-state index in [4.69, 9.17) is 14.2 Å². The molecule has 2 amide bonds. The summed E-state index contributed by atoms with van der Waals surface area (Å²) in [6.45, 7) is 9.66. The smallest absolute Gasteiger partial charge is 0.407 e. The third-order valence-corrected chi connectivity index (χ3v) is 11.4. The highest BCUT2D eigenvalue weighted by atomic mass is 32.2. The Morgan fingerprint density at radius 2 is 1.63 bits per heavy atom. The van der Waals surface area contributed by atoms with Gasteiger partial charge in [0, 0.05) is 12.3 Å². The van der Waals surface area contributed by atoms with E-state index in [1.165, 1.54) is 28.2 Å². The van der Waals surface area contributed by atoms with Gasteiger partial charge in [-0.15, -0.1) is 11.8 Å². The zero-order valence-corrected chi connectivity index (χ0v) is 29.9. The van der Waals surface area contributed by atoms with Crippen LogP contribution in [0.2, 0.25) is 0 Å². The Morgan fingerprint density at radius 1 is 0.980 bits per heavy atom. The minimum Gasteiger partial charge on any atom is -0.444 e. The predicted octanol–water partition coefficient (Wildman–Crippen LogP) is 6.09. The molecule has 0 aliphatic carbocycles. The van der Waals surface area contributed by atoms with Gasteiger partial charge in [-0.1, -0.05) is 68.4 Å². The van der Waals surface area contributed by atoms with Crippen molar-refractivity contribution in [2.24, 2.45) is 5.92 Å². The van der Waals surface area contributed by atoms with Crippen LogP contribution in [0.4, 0.5) is 9.18 Å². The number of carbonyl (C=O) groups excluding carboxylic acids is 2. The van der Waals surface area contributed by atoms with E-state index in [1.807, 2.05) is 44.2 Å². The van der Waals surface area contributed by atoms with Crippen LogP contribution in [0.5, 0.6) is 0 Å². The largest absolute Gasteiger partial charge is 0.444 e. The third-order valence-electron chi connectivity index (χ3n) is 8.16. The monoisotopic (exact) mass is 713 g/mol. The zero-order chi connectivity index (χ0) is 35.3. The first kappa shape index (κ1) is 36.8. The minimum absolute atomic E-state index is 0.0438. The number of thioether (sulfide) groups is 1. The Balaban J connectivity index is 1.22. The summed E-state index contributed by atoms with van der Waals surface area (Å²) in [6, 6.07) is 21.2. The van der Waals surface area contributed by atoms with Gasteiger partial charge in [-0.3, -0.25) is 4.79 Å². The molecule has 3 aromatic rings. The van der Waals surface area contributed by atoms with Crippen molar-refractivity contribution in [1.29, 1.82) is 0 Å². The van der Waals surface area contributed by atoms with Crippen LogP contribution in [-0.4, -0.2) is 73.0 Å². The van der Waals surface area contributed by atoms with Gasteiger partial charge < -0.3 is 24.8 Å². The molecule has 5 rings (SSSR count). The van der Waals surface area contributed by atoms with E-state index in [9.17, 15) is 22.4 Å². The summed E-state index contributed by atoms with van der Waals surface area (Å²) in [5, 5.41) is 4.88. The number of nitrogens with zero attached hydrogens (tertiary/aromatic N) is 1. The Hall–Kier alpha value is -3.49. The number of epoxide rings is 1. The van der Waals surface area contributed by atoms with Gasteiger partial charge in [-0.2, -0.15) is 4.31 Å². The maximum absolute atomic E-state index is 13.8. The molecule has 0 bridgehead atoms. The van der Waals surface area contributed by atoms with E-state index in [1.54, 1.807) is 57.2 Å². The summed E-state index contributed by atoms with van der Waals surface area (Å²) in [5.74, 6) is -0.387. The molecule has 13 heteroatoms. The Kier molecular flexibility index (Phi) is 11.7. The molecular weight excluding hydrogens is 670 g/mol. The van der Waals surface area contributed by atoms with E-state index in [0.717, 1.165) is 11.1 Å². The lowest BCUT2D eigenvalue weighted by Crippen LogP contribution is -2.46. The van der Waals surface area contributed by atoms with Gasteiger partial charge >= 0.3 is 6.09 Å². The van der Waals surface area contributed by atoms with Crippen LogP contribution >= 0.6 is 11.8 Å². The fourth-order valence-electron chi connectivity index (χ4n) is 5.62. The number of alkyl carbamates (subject to hydrolysis) is 1. The van der Waals surface area contributed by atoms with Gasteiger partial charge in [0.1, 0.15) is 22.9 Å². The van der Waals surface area contributed by atoms with E-state index >= 15 is 0 Å². The fourth-order valence-corrected chi connectivity index (χ4v) is 8.71. The number of carbonyl (C=O) groups is 2. The lowest BCUT2D eigenvalue weighted by molar-refractivity contribution is -0.123. The Labute approximate surface area is 292 Å². The predicted molar refractivity (Wildman–Crippen MR) is 187 cm³/mol. The summed E-state index contributed by atoms with van der Waals surface area (Å²) in [7, 11) is -3.98. The number of halogens is 1. The van der Waals surface area contributed by atoms with Crippen LogP contribution in [0, 0.1) is 11.7 Å². The normalized spacial score (nSPS) is 20.8. The quantitative estimate of drug-likeness (QED) is 0.204. The molecule has 3 aromatic carbocycles. The Morgan fingerprint density at radius 3 is 2.27 bits per heavy atom. The number of benzene rings is 3. The summed E-state index contributed by atoms with van der Waals surface area (Å²) >= 11 is 1.25. The van der Waals surface area contributed by atoms with Crippen LogP contribution in [0.1, 0.15) is 52.6 Å². The zero-order valence-electron chi connectivity index (χ0n) is 28.3. The number of hydrogen-bond donors (Lipinski definition) is 2. The molecule has 2 saturated heterocycles. The van der Waals surface area contributed by atoms with Gasteiger partial charge in [0.15, 0.2) is 6.29 Å². The first-order chi connectivity index (χ1) is 23.2. The van der Waals surface area contributed by atoms with Crippen molar-refractivity contribution in [1.82, 2.24) is 14.9 Å². The molecule has 0 spiro atoms. The third kappa shape index (κ3) is 9.61. The lowest BCUT2D eigenvalue weighted by atomic mass is 10.0. The van der Waals surface area contributed by atoms with Crippen molar-refractivity contribution in [3.8, 4) is 11.1 Å². The standard InChI is InChI=1S/C36H44FN3O7S2/c1-23(2)30(39-35(42)47-36(3,4)5)31-34(46-31)45-21-19-29(26-11-15-27(37)16-12-26)38-32(41)33-40(20-22-48-33)49(43,44)28-17-13-25(14-18-28)24-9-7-6-8-10-24/h6-18,23,29-31,33-34H,19-22H2,1-5H3,(H,38,41)(H,39,42)/t29-,30-,31?,33-,34?/m0/s1. The molecule has 2 unspecified atom stereocenters. The van der Waals surface area contributed by atoms with Gasteiger partial charge in [0.05, 0.1) is 23.6 Å². The van der Waals surface area contributed by atoms with Crippen molar-refractivity contribution < 1.29 is 36.6 Å². The number of amides is 2. The molecule has 0 radical (unpaired) electrons. The Bertz CT molecular complexity index is 1680. The molecular formula is C36H44FN3O7S2. The second kappa shape index (κ2) is 15.6. The molecule has 2 heterocycles. The van der Waals surface area contributed by atoms with Crippen molar-refractivity contribution in [2.75, 3.05) is 18.9 Å². The highest BCUT2D eigenvalue weighted by Crippen LogP contribution is 2.34. The highest BCUT2D eigenvalue weighted by molar-refractivity contribution is 8.02. The van der Waals surface area contributed by atoms with Crippen molar-refractivity contribution in [2.45, 2.75) is 81.4 Å². The van der Waals surface area contributed by atoms with Gasteiger partial charge in [-0.25, -0.2) is 17.6 Å². The number of nitrogens with one attached hydrogen (secondary N) is 2. The second-order valence-corrected chi connectivity index (χ2v) is 16.5. The van der Waals surface area contributed by atoms with Crippen LogP contribution in [0.25, 0.3) is 11.1 Å². The topological polar surface area (TPSA) is 127 Å². The van der Waals surface area contributed by atoms with Gasteiger partial charge in [-0.05, 0) is 74.1 Å². The lowest BCUT2D eigenvalue weighted by Gasteiger charge is -2.26. The molecule has 2 aliphatic heterocycles. The van der Waals surface area contributed by atoms with Gasteiger partial charge in [0.25, 0.3) is 0 Å². The second-order valence-electron chi connectivity index (χ2n) is 13.4. The van der Waals surface area contributed by atoms with E-state index < -0.39 is 51.1 Å². The number of sulfonamides is 1. The molecule has 5 atom stereocenters. The number of rotatable bonds is 13. The average molecular weight is 714 g/mol. The maximum Gasteiger partial charge on any atom is 0.407 e. The number of hydrogen-bond acceptors (Lipinski definition) is 8. The molecule has 0 saturated carbocycles. The van der Waals surface area contributed by atoms with Crippen molar-refractivity contribution in [3.05, 3.63) is 90.2 Å². The SMILES string of the molecule is CC(C)[C@H](NC(=O)OC(C)(C)C)C1OC1OCC[C@H](NC(=O)[C@@H]1SCCN1S(=O)(=O)c1ccc(-c2ccccc2)cc1)c1ccc(F)cc1. The molecule has 49 heavy (non-hydrogen) atoms. The van der Waals surface area contributed by atoms with Gasteiger partial charge in [0.2, 0.25) is 15.9 Å². The van der Waals surface area contributed by atoms with Crippen LogP contribution < -0.4 is 10.6 Å². The number of ether oxygens (including phenoxy) is 3. The summed E-state index contributed by atoms with van der Waals surface area (Å²) in [6.07, 6.45) is -1.17. The fraction of sp³-hybridized carbons (Fsp3) is 0.444. The van der Waals surface area contributed by atoms with E-state index in [2.05, 4.69) is 10.6 Å². The van der Waals surface area contributed by atoms with E-state index in [0.29, 0.717) is 17.7 Å². The van der Waals surface area contributed by atoms with Crippen LogP contribution in [-0.2, 0) is 29.0 Å². The highest BCUT2D eigenvalue weighted by Gasteiger charge is 2.48. The molecule has 0 aromatic heterocycles. The van der Waals surface area contributed by atoms with E-state index in [-0.39, 0.29) is 36.1 Å². The molecule has 2 N–H and O–H groups in total. The minimum atomic E-state index is -3.98.